The number of rotatable bonds is 5. The van der Waals surface area contributed by atoms with Crippen molar-refractivity contribution in [1.82, 2.24) is 0 Å². The van der Waals surface area contributed by atoms with E-state index >= 15 is 0 Å². The van der Waals surface area contributed by atoms with Crippen LogP contribution >= 0.6 is 23.4 Å². The molecule has 1 aromatic carbocycles. The topological polar surface area (TPSA) is 54.4 Å². The van der Waals surface area contributed by atoms with E-state index in [0.717, 1.165) is 4.90 Å². The first-order valence-corrected chi connectivity index (χ1v) is 5.69. The molecule has 0 radical (unpaired) electrons. The van der Waals surface area contributed by atoms with Crippen LogP contribution in [-0.4, -0.2) is 28.5 Å². The van der Waals surface area contributed by atoms with Gasteiger partial charge in [-0.25, -0.2) is 0 Å². The molecule has 0 spiro atoms. The van der Waals surface area contributed by atoms with E-state index < -0.39 is 5.97 Å². The Bertz CT molecular complexity index is 361. The van der Waals surface area contributed by atoms with Gasteiger partial charge in [-0.2, -0.15) is 0 Å². The standard InChI is InChI=1S/C10H9ClO3S/c11-5-9(12)7-1-3-8(4-2-7)15-6-10(13)14/h1-4H,5-6H2,(H,13,14). The highest BCUT2D eigenvalue weighted by atomic mass is 35.5. The van der Waals surface area contributed by atoms with Gasteiger partial charge < -0.3 is 5.11 Å². The Morgan fingerprint density at radius 2 is 1.87 bits per heavy atom. The van der Waals surface area contributed by atoms with Crippen LogP contribution in [0.1, 0.15) is 10.4 Å². The first kappa shape index (κ1) is 12.1. The van der Waals surface area contributed by atoms with Gasteiger partial charge in [0, 0.05) is 10.5 Å². The summed E-state index contributed by atoms with van der Waals surface area (Å²) in [5, 5.41) is 8.46. The van der Waals surface area contributed by atoms with Gasteiger partial charge in [0.2, 0.25) is 0 Å². The van der Waals surface area contributed by atoms with Gasteiger partial charge >= 0.3 is 5.97 Å². The van der Waals surface area contributed by atoms with Crippen molar-refractivity contribution in [2.24, 2.45) is 0 Å². The van der Waals surface area contributed by atoms with E-state index in [1.54, 1.807) is 24.3 Å². The van der Waals surface area contributed by atoms with E-state index in [9.17, 15) is 9.59 Å². The van der Waals surface area contributed by atoms with Gasteiger partial charge in [-0.1, -0.05) is 12.1 Å². The van der Waals surface area contributed by atoms with E-state index in [-0.39, 0.29) is 17.4 Å². The van der Waals surface area contributed by atoms with Crippen LogP contribution in [0.5, 0.6) is 0 Å². The molecule has 5 heteroatoms. The van der Waals surface area contributed by atoms with Crippen LogP contribution in [0.2, 0.25) is 0 Å². The molecule has 0 aliphatic heterocycles. The molecule has 0 saturated heterocycles. The van der Waals surface area contributed by atoms with E-state index in [4.69, 9.17) is 16.7 Å². The Morgan fingerprint density at radius 3 is 2.33 bits per heavy atom. The van der Waals surface area contributed by atoms with Gasteiger partial charge in [0.05, 0.1) is 11.6 Å². The number of carbonyl (C=O) groups is 2. The average Bonchev–Trinajstić information content (AvgIpc) is 2.26. The number of benzene rings is 1. The minimum atomic E-state index is -0.860. The van der Waals surface area contributed by atoms with Crippen LogP contribution in [-0.2, 0) is 4.79 Å². The van der Waals surface area contributed by atoms with E-state index in [1.165, 1.54) is 11.8 Å². The predicted molar refractivity (Wildman–Crippen MR) is 59.9 cm³/mol. The number of thioether (sulfide) groups is 1. The Balaban J connectivity index is 2.64. The largest absolute Gasteiger partial charge is 0.481 e. The number of aliphatic carboxylic acids is 1. The molecule has 80 valence electrons. The van der Waals surface area contributed by atoms with Crippen LogP contribution in [0.15, 0.2) is 29.2 Å². The molecule has 0 aromatic heterocycles. The molecule has 0 aliphatic carbocycles. The average molecular weight is 245 g/mol. The van der Waals surface area contributed by atoms with Crippen molar-refractivity contribution in [2.45, 2.75) is 4.90 Å². The predicted octanol–water partition coefficient (Wildman–Crippen LogP) is 2.28. The zero-order valence-corrected chi connectivity index (χ0v) is 9.35. The summed E-state index contributed by atoms with van der Waals surface area (Å²) in [4.78, 5) is 22.3. The zero-order valence-electron chi connectivity index (χ0n) is 7.77. The highest BCUT2D eigenvalue weighted by Crippen LogP contribution is 2.18. The maximum atomic E-state index is 11.2. The second kappa shape index (κ2) is 5.78. The molecule has 15 heavy (non-hydrogen) atoms. The Kier molecular flexibility index (Phi) is 4.65. The van der Waals surface area contributed by atoms with Gasteiger partial charge in [-0.3, -0.25) is 9.59 Å². The molecule has 0 amide bonds. The molecule has 0 heterocycles. The van der Waals surface area contributed by atoms with Gasteiger partial charge in [0.15, 0.2) is 5.78 Å². The molecule has 0 unspecified atom stereocenters. The van der Waals surface area contributed by atoms with Crippen molar-refractivity contribution in [1.29, 1.82) is 0 Å². The number of carboxylic acids is 1. The van der Waals surface area contributed by atoms with Crippen molar-refractivity contribution in [2.75, 3.05) is 11.6 Å². The second-order valence-electron chi connectivity index (χ2n) is 2.76. The number of Topliss-reactive ketones (excluding diaryl/α,β-unsaturated/α-hetero) is 1. The lowest BCUT2D eigenvalue weighted by molar-refractivity contribution is -0.133. The normalized spacial score (nSPS) is 9.93. The molecule has 0 atom stereocenters. The first-order chi connectivity index (χ1) is 7.13. The molecule has 1 rings (SSSR count). The van der Waals surface area contributed by atoms with Crippen molar-refractivity contribution in [3.05, 3.63) is 29.8 Å². The molecule has 0 saturated carbocycles. The summed E-state index contributed by atoms with van der Waals surface area (Å²) in [7, 11) is 0. The summed E-state index contributed by atoms with van der Waals surface area (Å²) in [6.45, 7) is 0. The maximum Gasteiger partial charge on any atom is 0.313 e. The summed E-state index contributed by atoms with van der Waals surface area (Å²) in [6, 6.07) is 6.73. The highest BCUT2D eigenvalue weighted by Gasteiger charge is 2.04. The van der Waals surface area contributed by atoms with Crippen LogP contribution in [0.25, 0.3) is 0 Å². The summed E-state index contributed by atoms with van der Waals surface area (Å²) < 4.78 is 0. The fourth-order valence-electron chi connectivity index (χ4n) is 0.959. The number of hydrogen-bond acceptors (Lipinski definition) is 3. The Labute approximate surface area is 96.4 Å². The summed E-state index contributed by atoms with van der Waals surface area (Å²) in [6.07, 6.45) is 0. The Hall–Kier alpha value is -1.00. The summed E-state index contributed by atoms with van der Waals surface area (Å²) in [5.41, 5.74) is 0.546. The zero-order chi connectivity index (χ0) is 11.3. The SMILES string of the molecule is O=C(O)CSc1ccc(C(=O)CCl)cc1. The number of ketones is 1. The lowest BCUT2D eigenvalue weighted by Crippen LogP contribution is -2.00. The van der Waals surface area contributed by atoms with Gasteiger partial charge in [-0.05, 0) is 12.1 Å². The van der Waals surface area contributed by atoms with E-state index in [0.29, 0.717) is 5.56 Å². The molecule has 1 N–H and O–H groups in total. The third kappa shape index (κ3) is 3.93. The number of halogens is 1. The smallest absolute Gasteiger partial charge is 0.313 e. The number of hydrogen-bond donors (Lipinski definition) is 1. The molecular weight excluding hydrogens is 236 g/mol. The van der Waals surface area contributed by atoms with E-state index in [1.807, 2.05) is 0 Å². The first-order valence-electron chi connectivity index (χ1n) is 4.17. The number of carbonyl (C=O) groups excluding carboxylic acids is 1. The molecular formula is C10H9ClO3S. The van der Waals surface area contributed by atoms with Crippen molar-refractivity contribution in [3.63, 3.8) is 0 Å². The number of alkyl halides is 1. The lowest BCUT2D eigenvalue weighted by Gasteiger charge is -2.00. The van der Waals surface area contributed by atoms with Crippen LogP contribution < -0.4 is 0 Å². The molecule has 0 aliphatic rings. The van der Waals surface area contributed by atoms with Gasteiger partial charge in [0.1, 0.15) is 0 Å². The fourth-order valence-corrected chi connectivity index (χ4v) is 1.73. The van der Waals surface area contributed by atoms with Gasteiger partial charge in [-0.15, -0.1) is 23.4 Å². The third-order valence-corrected chi connectivity index (χ3v) is 2.90. The van der Waals surface area contributed by atoms with Crippen LogP contribution in [0.3, 0.4) is 0 Å². The molecule has 3 nitrogen and oxygen atoms in total. The molecule has 1 aromatic rings. The van der Waals surface area contributed by atoms with Crippen molar-refractivity contribution >= 4 is 35.1 Å². The maximum absolute atomic E-state index is 11.2. The van der Waals surface area contributed by atoms with Crippen molar-refractivity contribution in [3.8, 4) is 0 Å². The molecule has 0 fully saturated rings. The van der Waals surface area contributed by atoms with Gasteiger partial charge in [0.25, 0.3) is 0 Å². The van der Waals surface area contributed by atoms with Crippen LogP contribution in [0.4, 0.5) is 0 Å². The fraction of sp³-hybridized carbons (Fsp3) is 0.200. The summed E-state index contributed by atoms with van der Waals surface area (Å²) >= 11 is 6.61. The third-order valence-electron chi connectivity index (χ3n) is 1.66. The second-order valence-corrected chi connectivity index (χ2v) is 4.08. The van der Waals surface area contributed by atoms with E-state index in [2.05, 4.69) is 0 Å². The highest BCUT2D eigenvalue weighted by molar-refractivity contribution is 8.00. The number of carboxylic acid groups (broad SMARTS) is 1. The monoisotopic (exact) mass is 244 g/mol. The van der Waals surface area contributed by atoms with Crippen LogP contribution in [0, 0.1) is 0 Å². The minimum absolute atomic E-state index is 0.0167. The summed E-state index contributed by atoms with van der Waals surface area (Å²) in [5.74, 6) is -1.02. The quantitative estimate of drug-likeness (QED) is 0.491. The minimum Gasteiger partial charge on any atom is -0.481 e. The lowest BCUT2D eigenvalue weighted by atomic mass is 10.1. The molecule has 0 bridgehead atoms. The van der Waals surface area contributed by atoms with Crippen molar-refractivity contribution < 1.29 is 14.7 Å². The Morgan fingerprint density at radius 1 is 1.27 bits per heavy atom.